The van der Waals surface area contributed by atoms with Gasteiger partial charge in [0.1, 0.15) is 22.8 Å². The number of halogens is 1. The van der Waals surface area contributed by atoms with E-state index in [4.69, 9.17) is 17.3 Å². The molecule has 6 N–H and O–H groups in total. The Balaban J connectivity index is 1.95. The van der Waals surface area contributed by atoms with Gasteiger partial charge in [-0.3, -0.25) is 19.3 Å². The van der Waals surface area contributed by atoms with Gasteiger partial charge >= 0.3 is 0 Å². The topological polar surface area (TPSA) is 165 Å². The molecule has 1 saturated carbocycles. The molecule has 11 heteroatoms. The van der Waals surface area contributed by atoms with Crippen LogP contribution >= 0.6 is 11.6 Å². The number of hydrogen-bond donors (Lipinski definition) is 5. The molecule has 3 aliphatic carbocycles. The molecule has 4 rings (SSSR count). The predicted molar refractivity (Wildman–Crippen MR) is 127 cm³/mol. The fourth-order valence-corrected chi connectivity index (χ4v) is 6.09. The number of Topliss-reactive ketones (excluding diaryl/α,β-unsaturated/α-hetero) is 2. The number of benzene rings is 1. The first-order valence-corrected chi connectivity index (χ1v) is 11.4. The van der Waals surface area contributed by atoms with Crippen LogP contribution in [-0.2, 0) is 27.3 Å². The third-order valence-electron chi connectivity index (χ3n) is 7.22. The number of aromatic hydroxyl groups is 1. The second kappa shape index (κ2) is 8.34. The lowest BCUT2D eigenvalue weighted by molar-refractivity contribution is -0.153. The zero-order valence-electron chi connectivity index (χ0n) is 19.8. The number of hydrogen-bond acceptors (Lipinski definition) is 9. The third-order valence-corrected chi connectivity index (χ3v) is 7.69. The van der Waals surface area contributed by atoms with Gasteiger partial charge in [-0.1, -0.05) is 11.6 Å². The number of carbonyl (C=O) groups excluding carboxylic acids is 3. The molecular weight excluding hydrogens is 478 g/mol. The second-order valence-corrected chi connectivity index (χ2v) is 10.3. The summed E-state index contributed by atoms with van der Waals surface area (Å²) in [5, 5.41) is 44.6. The fourth-order valence-electron chi connectivity index (χ4n) is 5.80. The fraction of sp³-hybridized carbons (Fsp3) is 0.458. The quantitative estimate of drug-likeness (QED) is 0.370. The van der Waals surface area contributed by atoms with Crippen molar-refractivity contribution in [2.75, 3.05) is 28.2 Å². The molecule has 1 amide bonds. The molecular formula is C24H28ClN3O7. The highest BCUT2D eigenvalue weighted by molar-refractivity contribution is 6.32. The van der Waals surface area contributed by atoms with Gasteiger partial charge in [0.2, 0.25) is 5.78 Å². The first-order valence-electron chi connectivity index (χ1n) is 11.1. The molecule has 0 bridgehead atoms. The van der Waals surface area contributed by atoms with E-state index in [1.54, 1.807) is 14.1 Å². The van der Waals surface area contributed by atoms with Gasteiger partial charge in [0, 0.05) is 23.1 Å². The van der Waals surface area contributed by atoms with E-state index >= 15 is 0 Å². The minimum Gasteiger partial charge on any atom is -0.508 e. The Morgan fingerprint density at radius 1 is 1.20 bits per heavy atom. The van der Waals surface area contributed by atoms with E-state index in [0.29, 0.717) is 22.7 Å². The largest absolute Gasteiger partial charge is 0.508 e. The van der Waals surface area contributed by atoms with Crippen molar-refractivity contribution in [2.45, 2.75) is 31.0 Å². The van der Waals surface area contributed by atoms with E-state index in [1.165, 1.54) is 11.0 Å². The zero-order valence-corrected chi connectivity index (χ0v) is 20.5. The highest BCUT2D eigenvalue weighted by Crippen LogP contribution is 2.53. The molecule has 3 aliphatic rings. The number of aliphatic hydroxyl groups is 3. The number of aliphatic hydroxyl groups excluding tert-OH is 2. The molecule has 4 atom stereocenters. The Hall–Kier alpha value is -2.92. The molecule has 0 aliphatic heterocycles. The Labute approximate surface area is 206 Å². The van der Waals surface area contributed by atoms with Gasteiger partial charge in [-0.25, -0.2) is 0 Å². The summed E-state index contributed by atoms with van der Waals surface area (Å²) < 4.78 is 0. The van der Waals surface area contributed by atoms with Crippen LogP contribution in [0.2, 0.25) is 5.02 Å². The number of phenolic OH excluding ortho intramolecular Hbond substituents is 1. The van der Waals surface area contributed by atoms with Crippen molar-refractivity contribution in [1.29, 1.82) is 0 Å². The normalized spacial score (nSPS) is 28.4. The van der Waals surface area contributed by atoms with Crippen LogP contribution in [0.5, 0.6) is 5.75 Å². The number of rotatable bonds is 4. The molecule has 188 valence electrons. The van der Waals surface area contributed by atoms with Gasteiger partial charge in [-0.05, 0) is 64.1 Å². The number of nitrogens with zero attached hydrogens (tertiary/aromatic N) is 2. The summed E-state index contributed by atoms with van der Waals surface area (Å²) in [6.07, 6.45) is 0.170. The molecule has 0 aromatic heterocycles. The van der Waals surface area contributed by atoms with Gasteiger partial charge in [0.15, 0.2) is 11.4 Å². The maximum atomic E-state index is 13.7. The first-order chi connectivity index (χ1) is 16.2. The van der Waals surface area contributed by atoms with Crippen LogP contribution in [0.4, 0.5) is 0 Å². The lowest BCUT2D eigenvalue weighted by Crippen LogP contribution is -2.65. The van der Waals surface area contributed by atoms with E-state index in [9.17, 15) is 34.8 Å². The van der Waals surface area contributed by atoms with E-state index < -0.39 is 58.0 Å². The van der Waals surface area contributed by atoms with Crippen molar-refractivity contribution < 1.29 is 34.8 Å². The predicted octanol–water partition coefficient (Wildman–Crippen LogP) is 0.679. The van der Waals surface area contributed by atoms with Crippen molar-refractivity contribution in [3.63, 3.8) is 0 Å². The summed E-state index contributed by atoms with van der Waals surface area (Å²) in [5.74, 6) is -6.86. The van der Waals surface area contributed by atoms with Gasteiger partial charge in [-0.15, -0.1) is 0 Å². The summed E-state index contributed by atoms with van der Waals surface area (Å²) in [7, 11) is 6.78. The average molecular weight is 506 g/mol. The smallest absolute Gasteiger partial charge is 0.255 e. The lowest BCUT2D eigenvalue weighted by atomic mass is 9.57. The molecule has 0 heterocycles. The lowest BCUT2D eigenvalue weighted by Gasteiger charge is -2.50. The Morgan fingerprint density at radius 2 is 1.83 bits per heavy atom. The van der Waals surface area contributed by atoms with E-state index in [1.807, 2.05) is 19.0 Å². The third kappa shape index (κ3) is 3.47. The molecule has 0 saturated heterocycles. The zero-order chi connectivity index (χ0) is 26.1. The van der Waals surface area contributed by atoms with Crippen molar-refractivity contribution in [2.24, 2.45) is 17.6 Å². The van der Waals surface area contributed by atoms with E-state index in [-0.39, 0.29) is 29.7 Å². The Bertz CT molecular complexity index is 1240. The number of phenols is 1. The van der Waals surface area contributed by atoms with Crippen LogP contribution < -0.4 is 5.73 Å². The molecule has 1 aromatic carbocycles. The van der Waals surface area contributed by atoms with Gasteiger partial charge in [0.05, 0.1) is 11.6 Å². The molecule has 35 heavy (non-hydrogen) atoms. The molecule has 0 spiro atoms. The summed E-state index contributed by atoms with van der Waals surface area (Å²) >= 11 is 6.65. The number of fused-ring (bicyclic) bond motifs is 3. The monoisotopic (exact) mass is 505 g/mol. The summed E-state index contributed by atoms with van der Waals surface area (Å²) in [5.41, 5.74) is 2.67. The van der Waals surface area contributed by atoms with E-state index in [0.717, 1.165) is 0 Å². The van der Waals surface area contributed by atoms with Crippen molar-refractivity contribution in [1.82, 2.24) is 9.80 Å². The van der Waals surface area contributed by atoms with Crippen molar-refractivity contribution in [3.05, 3.63) is 44.7 Å². The Kier molecular flexibility index (Phi) is 6.00. The SMILES string of the molecule is CN(C)Cc1cc(O)c2c(c1Cl)C[C@H]1C[C@H]3[C@H](N(C)C)C(=O)C(C(N)=O)=C(O)[C@@]3(O)C(=O)C1=C2O. The van der Waals surface area contributed by atoms with Crippen LogP contribution in [0.25, 0.3) is 5.76 Å². The average Bonchev–Trinajstić information content (AvgIpc) is 2.73. The highest BCUT2D eigenvalue weighted by atomic mass is 35.5. The van der Waals surface area contributed by atoms with Crippen LogP contribution in [-0.4, -0.2) is 87.5 Å². The first kappa shape index (κ1) is 25.2. The van der Waals surface area contributed by atoms with Crippen LogP contribution in [0.15, 0.2) is 23.0 Å². The number of nitrogens with two attached hydrogens (primary N) is 1. The highest BCUT2D eigenvalue weighted by Gasteiger charge is 2.64. The summed E-state index contributed by atoms with van der Waals surface area (Å²) in [4.78, 5) is 42.1. The Morgan fingerprint density at radius 3 is 2.37 bits per heavy atom. The van der Waals surface area contributed by atoms with Crippen molar-refractivity contribution >= 4 is 34.8 Å². The summed E-state index contributed by atoms with van der Waals surface area (Å²) in [6.45, 7) is 0.425. The van der Waals surface area contributed by atoms with Gasteiger partial charge < -0.3 is 31.1 Å². The maximum absolute atomic E-state index is 13.7. The number of primary amides is 1. The maximum Gasteiger partial charge on any atom is 0.255 e. The number of carbonyl (C=O) groups is 3. The van der Waals surface area contributed by atoms with Crippen molar-refractivity contribution in [3.8, 4) is 5.75 Å². The van der Waals surface area contributed by atoms with Crippen LogP contribution in [0.3, 0.4) is 0 Å². The second-order valence-electron chi connectivity index (χ2n) is 9.92. The van der Waals surface area contributed by atoms with Crippen LogP contribution in [0, 0.1) is 11.8 Å². The molecule has 1 aromatic rings. The molecule has 1 fully saturated rings. The number of ketones is 2. The molecule has 0 radical (unpaired) electrons. The van der Waals surface area contributed by atoms with Gasteiger partial charge in [-0.2, -0.15) is 0 Å². The standard InChI is InChI=1S/C24H28ClN3O7/c1-27(2)8-10-7-13(29)15-11(17(10)25)5-9-6-12-18(28(3)4)20(31)16(23(26)34)22(33)24(12,35)21(32)14(9)19(15)30/h7,9,12,18,29-30,33,35H,5-6,8H2,1-4H3,(H2,26,34)/t9-,12-,18-,24-/m0/s1. The number of amides is 1. The van der Waals surface area contributed by atoms with E-state index in [2.05, 4.69) is 0 Å². The minimum absolute atomic E-state index is 0.0146. The van der Waals surface area contributed by atoms with Gasteiger partial charge in [0.25, 0.3) is 5.91 Å². The number of likely N-dealkylation sites (N-methyl/N-ethyl adjacent to an activating group) is 1. The summed E-state index contributed by atoms with van der Waals surface area (Å²) in [6, 6.07) is 0.281. The van der Waals surface area contributed by atoms with Crippen LogP contribution in [0.1, 0.15) is 23.1 Å². The minimum atomic E-state index is -2.66. The molecule has 0 unspecified atom stereocenters. The molecule has 10 nitrogen and oxygen atoms in total.